The molecule has 0 heterocycles. The third-order valence-corrected chi connectivity index (χ3v) is 7.91. The van der Waals surface area contributed by atoms with Crippen molar-refractivity contribution in [2.24, 2.45) is 23.2 Å². The zero-order chi connectivity index (χ0) is 21.4. The first kappa shape index (κ1) is 20.3. The standard InChI is InChI=1S/C27H31NO3/c1-31-25(29)24(23(21-8-4-2-5-9-21)22-10-6-3-7-11-22)28-26(30)27-15-18-12-19(16-27)14-20(13-18)17-27/h2-11,18-20,23-24H,12-17H2,1H3,(H,28,30)/t18?,19?,20?,24-,27?/m1/s1. The molecule has 4 nitrogen and oxygen atoms in total. The molecule has 4 fully saturated rings. The minimum atomic E-state index is -0.754. The van der Waals surface area contributed by atoms with Gasteiger partial charge in [0.05, 0.1) is 7.11 Å². The Morgan fingerprint density at radius 1 is 0.839 bits per heavy atom. The van der Waals surface area contributed by atoms with Gasteiger partial charge in [0.15, 0.2) is 0 Å². The van der Waals surface area contributed by atoms with Crippen molar-refractivity contribution in [1.82, 2.24) is 5.32 Å². The quantitative estimate of drug-likeness (QED) is 0.694. The van der Waals surface area contributed by atoms with Crippen LogP contribution >= 0.6 is 0 Å². The number of nitrogens with one attached hydrogen (secondary N) is 1. The van der Waals surface area contributed by atoms with E-state index in [4.69, 9.17) is 4.74 Å². The van der Waals surface area contributed by atoms with Gasteiger partial charge in [-0.15, -0.1) is 0 Å². The van der Waals surface area contributed by atoms with E-state index in [1.165, 1.54) is 26.4 Å². The molecular formula is C27H31NO3. The molecule has 1 N–H and O–H groups in total. The third-order valence-electron chi connectivity index (χ3n) is 7.91. The summed E-state index contributed by atoms with van der Waals surface area (Å²) in [7, 11) is 1.40. The van der Waals surface area contributed by atoms with Gasteiger partial charge < -0.3 is 10.1 Å². The molecule has 31 heavy (non-hydrogen) atoms. The number of carbonyl (C=O) groups is 2. The predicted molar refractivity (Wildman–Crippen MR) is 119 cm³/mol. The molecule has 4 aliphatic carbocycles. The van der Waals surface area contributed by atoms with Gasteiger partial charge in [0, 0.05) is 11.3 Å². The minimum absolute atomic E-state index is 0.0545. The zero-order valence-corrected chi connectivity index (χ0v) is 18.1. The first-order valence-corrected chi connectivity index (χ1v) is 11.6. The Kier molecular flexibility index (Phi) is 5.33. The van der Waals surface area contributed by atoms with E-state index in [1.54, 1.807) is 0 Å². The SMILES string of the molecule is COC(=O)[C@H](NC(=O)C12CC3CC(CC(C3)C1)C2)C(c1ccccc1)c1ccccc1. The molecule has 4 saturated carbocycles. The summed E-state index contributed by atoms with van der Waals surface area (Å²) in [5.41, 5.74) is 1.68. The lowest BCUT2D eigenvalue weighted by molar-refractivity contribution is -0.153. The Hall–Kier alpha value is -2.62. The number of carbonyl (C=O) groups excluding carboxylic acids is 2. The number of hydrogen-bond donors (Lipinski definition) is 1. The first-order valence-electron chi connectivity index (χ1n) is 11.6. The van der Waals surface area contributed by atoms with Crippen molar-refractivity contribution >= 4 is 11.9 Å². The maximum absolute atomic E-state index is 13.8. The highest BCUT2D eigenvalue weighted by molar-refractivity contribution is 5.89. The highest BCUT2D eigenvalue weighted by Gasteiger charge is 2.55. The molecular weight excluding hydrogens is 386 g/mol. The fraction of sp³-hybridized carbons (Fsp3) is 0.481. The van der Waals surface area contributed by atoms with E-state index in [0.29, 0.717) is 17.8 Å². The van der Waals surface area contributed by atoms with E-state index in [-0.39, 0.29) is 17.2 Å². The van der Waals surface area contributed by atoms with Crippen LogP contribution in [-0.2, 0) is 14.3 Å². The van der Waals surface area contributed by atoms with Crippen molar-refractivity contribution in [2.75, 3.05) is 7.11 Å². The number of esters is 1. The Morgan fingerprint density at radius 3 is 1.71 bits per heavy atom. The van der Waals surface area contributed by atoms with Crippen LogP contribution in [0.3, 0.4) is 0 Å². The van der Waals surface area contributed by atoms with E-state index in [9.17, 15) is 9.59 Å². The predicted octanol–water partition coefficient (Wildman–Crippen LogP) is 4.69. The van der Waals surface area contributed by atoms with Gasteiger partial charge in [-0.05, 0) is 67.4 Å². The summed E-state index contributed by atoms with van der Waals surface area (Å²) in [6.45, 7) is 0. The molecule has 0 spiro atoms. The Labute approximate surface area is 184 Å². The summed E-state index contributed by atoms with van der Waals surface area (Å²) < 4.78 is 5.20. The van der Waals surface area contributed by atoms with Crippen molar-refractivity contribution in [3.8, 4) is 0 Å². The second kappa shape index (κ2) is 8.14. The number of ether oxygens (including phenoxy) is 1. The lowest BCUT2D eigenvalue weighted by Crippen LogP contribution is -2.57. The van der Waals surface area contributed by atoms with Crippen molar-refractivity contribution in [3.05, 3.63) is 71.8 Å². The van der Waals surface area contributed by atoms with Crippen LogP contribution in [0.5, 0.6) is 0 Å². The first-order chi connectivity index (χ1) is 15.1. The molecule has 0 unspecified atom stereocenters. The molecule has 162 valence electrons. The molecule has 1 amide bonds. The number of methoxy groups -OCH3 is 1. The van der Waals surface area contributed by atoms with Gasteiger partial charge in [0.2, 0.25) is 5.91 Å². The van der Waals surface area contributed by atoms with Gasteiger partial charge in [-0.25, -0.2) is 4.79 Å². The number of rotatable bonds is 6. The van der Waals surface area contributed by atoms with Crippen LogP contribution in [0.4, 0.5) is 0 Å². The molecule has 4 bridgehead atoms. The Morgan fingerprint density at radius 2 is 1.29 bits per heavy atom. The van der Waals surface area contributed by atoms with Crippen LogP contribution in [0.25, 0.3) is 0 Å². The summed E-state index contributed by atoms with van der Waals surface area (Å²) in [4.78, 5) is 26.8. The number of benzene rings is 2. The molecule has 2 aromatic carbocycles. The fourth-order valence-electron chi connectivity index (χ4n) is 6.99. The topological polar surface area (TPSA) is 55.4 Å². The lowest BCUT2D eigenvalue weighted by atomic mass is 9.49. The highest BCUT2D eigenvalue weighted by Crippen LogP contribution is 2.60. The fourth-order valence-corrected chi connectivity index (χ4v) is 6.99. The minimum Gasteiger partial charge on any atom is -0.467 e. The van der Waals surface area contributed by atoms with Gasteiger partial charge in [0.25, 0.3) is 0 Å². The molecule has 0 aliphatic heterocycles. The maximum Gasteiger partial charge on any atom is 0.329 e. The Bertz CT molecular complexity index is 865. The van der Waals surface area contributed by atoms with Crippen molar-refractivity contribution < 1.29 is 14.3 Å². The second-order valence-electron chi connectivity index (χ2n) is 9.97. The summed E-state index contributed by atoms with van der Waals surface area (Å²) in [5.74, 6) is 1.38. The van der Waals surface area contributed by atoms with Crippen LogP contribution in [0.1, 0.15) is 55.6 Å². The summed E-state index contributed by atoms with van der Waals surface area (Å²) in [6, 6.07) is 19.1. The molecule has 0 radical (unpaired) electrons. The van der Waals surface area contributed by atoms with Crippen LogP contribution < -0.4 is 5.32 Å². The molecule has 2 aromatic rings. The average molecular weight is 418 g/mol. The molecule has 4 heteroatoms. The Balaban J connectivity index is 1.48. The smallest absolute Gasteiger partial charge is 0.329 e. The number of amides is 1. The summed E-state index contributed by atoms with van der Waals surface area (Å²) in [5, 5.41) is 3.21. The normalized spacial score (nSPS) is 29.5. The van der Waals surface area contributed by atoms with Crippen molar-refractivity contribution in [1.29, 1.82) is 0 Å². The maximum atomic E-state index is 13.8. The summed E-state index contributed by atoms with van der Waals surface area (Å²) in [6.07, 6.45) is 6.76. The van der Waals surface area contributed by atoms with Gasteiger partial charge in [-0.3, -0.25) is 4.79 Å². The largest absolute Gasteiger partial charge is 0.467 e. The van der Waals surface area contributed by atoms with E-state index in [1.807, 2.05) is 60.7 Å². The third kappa shape index (κ3) is 3.77. The van der Waals surface area contributed by atoms with Gasteiger partial charge in [-0.1, -0.05) is 60.7 Å². The monoisotopic (exact) mass is 417 g/mol. The molecule has 0 saturated heterocycles. The zero-order valence-electron chi connectivity index (χ0n) is 18.1. The van der Waals surface area contributed by atoms with Crippen LogP contribution in [0.2, 0.25) is 0 Å². The summed E-state index contributed by atoms with van der Waals surface area (Å²) >= 11 is 0. The van der Waals surface area contributed by atoms with Crippen molar-refractivity contribution in [3.63, 3.8) is 0 Å². The highest BCUT2D eigenvalue weighted by atomic mass is 16.5. The number of hydrogen-bond acceptors (Lipinski definition) is 3. The van der Waals surface area contributed by atoms with E-state index in [0.717, 1.165) is 30.4 Å². The van der Waals surface area contributed by atoms with E-state index < -0.39 is 12.0 Å². The van der Waals surface area contributed by atoms with E-state index >= 15 is 0 Å². The molecule has 6 rings (SSSR count). The molecule has 4 aliphatic rings. The second-order valence-corrected chi connectivity index (χ2v) is 9.97. The van der Waals surface area contributed by atoms with E-state index in [2.05, 4.69) is 5.32 Å². The van der Waals surface area contributed by atoms with Gasteiger partial charge in [-0.2, -0.15) is 0 Å². The van der Waals surface area contributed by atoms with Crippen molar-refractivity contribution in [2.45, 2.75) is 50.5 Å². The van der Waals surface area contributed by atoms with Crippen LogP contribution in [-0.4, -0.2) is 25.0 Å². The lowest BCUT2D eigenvalue weighted by Gasteiger charge is -2.55. The molecule has 0 aromatic heterocycles. The van der Waals surface area contributed by atoms with Gasteiger partial charge in [0.1, 0.15) is 6.04 Å². The van der Waals surface area contributed by atoms with Crippen LogP contribution in [0, 0.1) is 23.2 Å². The van der Waals surface area contributed by atoms with Crippen LogP contribution in [0.15, 0.2) is 60.7 Å². The molecule has 1 atom stereocenters. The average Bonchev–Trinajstić information content (AvgIpc) is 2.78. The van der Waals surface area contributed by atoms with Gasteiger partial charge >= 0.3 is 5.97 Å².